The van der Waals surface area contributed by atoms with Crippen molar-refractivity contribution in [2.24, 2.45) is 28.6 Å². The molecule has 0 radical (unpaired) electrons. The van der Waals surface area contributed by atoms with Crippen LogP contribution in [-0.4, -0.2) is 23.8 Å². The van der Waals surface area contributed by atoms with Gasteiger partial charge in [0, 0.05) is 18.4 Å². The van der Waals surface area contributed by atoms with Crippen molar-refractivity contribution in [3.63, 3.8) is 0 Å². The summed E-state index contributed by atoms with van der Waals surface area (Å²) in [5.41, 5.74) is 2.17. The lowest BCUT2D eigenvalue weighted by Crippen LogP contribution is -2.51. The van der Waals surface area contributed by atoms with Crippen molar-refractivity contribution < 1.29 is 9.53 Å². The zero-order valence-electron chi connectivity index (χ0n) is 16.6. The molecule has 0 N–H and O–H groups in total. The minimum Gasteiger partial charge on any atom is -0.378 e. The largest absolute Gasteiger partial charge is 0.378 e. The van der Waals surface area contributed by atoms with E-state index < -0.39 is 0 Å². The fourth-order valence-electron chi connectivity index (χ4n) is 7.21. The van der Waals surface area contributed by atoms with E-state index in [0.29, 0.717) is 22.7 Å². The number of ketones is 1. The molecule has 1 unspecified atom stereocenters. The van der Waals surface area contributed by atoms with Crippen LogP contribution in [0.15, 0.2) is 11.6 Å². The van der Waals surface area contributed by atoms with E-state index >= 15 is 0 Å². The van der Waals surface area contributed by atoms with Gasteiger partial charge >= 0.3 is 0 Å². The highest BCUT2D eigenvalue weighted by atomic mass is 79.9. The Labute approximate surface area is 167 Å². The van der Waals surface area contributed by atoms with E-state index in [-0.39, 0.29) is 0 Å². The maximum atomic E-state index is 11.9. The summed E-state index contributed by atoms with van der Waals surface area (Å²) in [6.07, 6.45) is 14.5. The predicted molar refractivity (Wildman–Crippen MR) is 109 cm³/mol. The summed E-state index contributed by atoms with van der Waals surface area (Å²) in [5.74, 6) is 2.84. The third-order valence-electron chi connectivity index (χ3n) is 8.72. The third-order valence-corrected chi connectivity index (χ3v) is 9.28. The van der Waals surface area contributed by atoms with Crippen LogP contribution in [0.3, 0.4) is 0 Å². The van der Waals surface area contributed by atoms with Crippen molar-refractivity contribution in [2.45, 2.75) is 84.2 Å². The summed E-state index contributed by atoms with van der Waals surface area (Å²) in [6.45, 7) is 5.95. The fraction of sp³-hybridized carbons (Fsp3) is 0.870. The molecule has 0 aromatic heterocycles. The Kier molecular flexibility index (Phi) is 5.42. The van der Waals surface area contributed by atoms with E-state index in [2.05, 4.69) is 29.8 Å². The van der Waals surface area contributed by atoms with E-state index in [0.717, 1.165) is 49.0 Å². The van der Waals surface area contributed by atoms with Crippen LogP contribution in [0.2, 0.25) is 0 Å². The van der Waals surface area contributed by atoms with E-state index in [9.17, 15) is 4.79 Å². The van der Waals surface area contributed by atoms with Crippen molar-refractivity contribution in [1.82, 2.24) is 0 Å². The molecule has 0 saturated heterocycles. The standard InChI is InChI=1S/C23H35BrO2/c1-22-11-9-17(25)15-16(22)5-6-18-19-7-8-21(26-14-4-3-13-24)23(19,2)12-10-20(18)22/h15,18-21H,3-14H2,1-2H3/t18-,19-,20-,21?,22-,23-/m0/s1. The Balaban J connectivity index is 1.49. The van der Waals surface area contributed by atoms with Crippen LogP contribution in [0, 0.1) is 28.6 Å². The molecule has 0 aliphatic heterocycles. The first-order valence-corrected chi connectivity index (χ1v) is 12.0. The minimum absolute atomic E-state index is 0.299. The lowest BCUT2D eigenvalue weighted by atomic mass is 9.47. The molecule has 3 saturated carbocycles. The van der Waals surface area contributed by atoms with Crippen molar-refractivity contribution in [2.75, 3.05) is 11.9 Å². The summed E-state index contributed by atoms with van der Waals surface area (Å²) in [5, 5.41) is 1.08. The lowest BCUT2D eigenvalue weighted by Gasteiger charge is -2.58. The van der Waals surface area contributed by atoms with Gasteiger partial charge in [0.15, 0.2) is 5.78 Å². The zero-order valence-corrected chi connectivity index (χ0v) is 18.2. The number of alkyl halides is 1. The molecule has 0 amide bonds. The predicted octanol–water partition coefficient (Wildman–Crippen LogP) is 6.08. The van der Waals surface area contributed by atoms with Crippen LogP contribution in [0.25, 0.3) is 0 Å². The molecule has 0 bridgehead atoms. The Morgan fingerprint density at radius 2 is 1.92 bits per heavy atom. The summed E-state index contributed by atoms with van der Waals surface area (Å²) < 4.78 is 6.43. The first-order valence-electron chi connectivity index (χ1n) is 10.9. The molecular formula is C23H35BrO2. The number of hydrogen-bond donors (Lipinski definition) is 0. The SMILES string of the molecule is C[C@]12CCC(=O)C=C1CC[C@@H]1[C@@H]2CC[C@]2(C)C(OCCCCBr)CC[C@@H]12. The second-order valence-electron chi connectivity index (χ2n) is 9.85. The van der Waals surface area contributed by atoms with Gasteiger partial charge in [-0.15, -0.1) is 0 Å². The van der Waals surface area contributed by atoms with E-state index in [1.54, 1.807) is 0 Å². The quantitative estimate of drug-likeness (QED) is 0.396. The van der Waals surface area contributed by atoms with Crippen LogP contribution in [0.5, 0.6) is 0 Å². The van der Waals surface area contributed by atoms with Crippen LogP contribution in [0.4, 0.5) is 0 Å². The number of fused-ring (bicyclic) bond motifs is 5. The summed E-state index contributed by atoms with van der Waals surface area (Å²) in [7, 11) is 0. The normalized spacial score (nSPS) is 44.9. The third kappa shape index (κ3) is 3.05. The Morgan fingerprint density at radius 3 is 2.73 bits per heavy atom. The molecular weight excluding hydrogens is 388 g/mol. The van der Waals surface area contributed by atoms with Crippen LogP contribution >= 0.6 is 15.9 Å². The molecule has 146 valence electrons. The number of hydrogen-bond acceptors (Lipinski definition) is 2. The molecule has 3 fully saturated rings. The van der Waals surface area contributed by atoms with E-state index in [4.69, 9.17) is 4.74 Å². The molecule has 0 spiro atoms. The fourth-order valence-corrected chi connectivity index (χ4v) is 7.60. The maximum Gasteiger partial charge on any atom is 0.155 e. The van der Waals surface area contributed by atoms with Crippen LogP contribution < -0.4 is 0 Å². The first kappa shape index (κ1) is 19.2. The number of unbranched alkanes of at least 4 members (excludes halogenated alkanes) is 1. The molecule has 26 heavy (non-hydrogen) atoms. The topological polar surface area (TPSA) is 26.3 Å². The highest BCUT2D eigenvalue weighted by Crippen LogP contribution is 2.65. The van der Waals surface area contributed by atoms with Gasteiger partial charge in [-0.25, -0.2) is 0 Å². The van der Waals surface area contributed by atoms with Gasteiger partial charge in [0.25, 0.3) is 0 Å². The smallest absolute Gasteiger partial charge is 0.155 e. The summed E-state index contributed by atoms with van der Waals surface area (Å²) in [6, 6.07) is 0. The van der Waals surface area contributed by atoms with Crippen LogP contribution in [0.1, 0.15) is 78.1 Å². The van der Waals surface area contributed by atoms with Crippen molar-refractivity contribution in [3.05, 3.63) is 11.6 Å². The van der Waals surface area contributed by atoms with Crippen LogP contribution in [-0.2, 0) is 9.53 Å². The molecule has 0 aromatic rings. The molecule has 6 atom stereocenters. The van der Waals surface area contributed by atoms with Gasteiger partial charge in [-0.3, -0.25) is 4.79 Å². The lowest BCUT2D eigenvalue weighted by molar-refractivity contribution is -0.118. The second kappa shape index (κ2) is 7.35. The average Bonchev–Trinajstić information content (AvgIpc) is 2.96. The Hall–Kier alpha value is -0.150. The molecule has 2 nitrogen and oxygen atoms in total. The molecule has 4 aliphatic rings. The molecule has 4 rings (SSSR count). The monoisotopic (exact) mass is 422 g/mol. The van der Waals surface area contributed by atoms with Gasteiger partial charge in [-0.05, 0) is 92.4 Å². The van der Waals surface area contributed by atoms with Gasteiger partial charge in [0.2, 0.25) is 0 Å². The summed E-state index contributed by atoms with van der Waals surface area (Å²) in [4.78, 5) is 11.9. The zero-order chi connectivity index (χ0) is 18.4. The maximum absolute atomic E-state index is 11.9. The van der Waals surface area contributed by atoms with Gasteiger partial charge in [-0.2, -0.15) is 0 Å². The van der Waals surface area contributed by atoms with Crippen molar-refractivity contribution in [1.29, 1.82) is 0 Å². The molecule has 3 heteroatoms. The number of ether oxygens (including phenoxy) is 1. The van der Waals surface area contributed by atoms with Crippen molar-refractivity contribution >= 4 is 21.7 Å². The van der Waals surface area contributed by atoms with Gasteiger partial charge in [-0.1, -0.05) is 35.4 Å². The highest BCUT2D eigenvalue weighted by molar-refractivity contribution is 9.09. The Bertz CT molecular complexity index is 585. The number of halogens is 1. The minimum atomic E-state index is 0.299. The number of rotatable bonds is 5. The number of carbonyl (C=O) groups excluding carboxylic acids is 1. The number of allylic oxidation sites excluding steroid dienone is 1. The van der Waals surface area contributed by atoms with Gasteiger partial charge in [0.05, 0.1) is 6.10 Å². The molecule has 0 aromatic carbocycles. The van der Waals surface area contributed by atoms with Crippen molar-refractivity contribution in [3.8, 4) is 0 Å². The van der Waals surface area contributed by atoms with E-state index in [1.165, 1.54) is 50.5 Å². The first-order chi connectivity index (χ1) is 12.5. The van der Waals surface area contributed by atoms with Gasteiger partial charge < -0.3 is 4.74 Å². The second-order valence-corrected chi connectivity index (χ2v) is 10.6. The highest BCUT2D eigenvalue weighted by Gasteiger charge is 2.59. The van der Waals surface area contributed by atoms with Gasteiger partial charge in [0.1, 0.15) is 0 Å². The Morgan fingerprint density at radius 1 is 1.08 bits per heavy atom. The molecule has 4 aliphatic carbocycles. The molecule has 0 heterocycles. The number of carbonyl (C=O) groups is 1. The average molecular weight is 423 g/mol. The summed E-state index contributed by atoms with van der Waals surface area (Å²) >= 11 is 3.52. The van der Waals surface area contributed by atoms with E-state index in [1.807, 2.05) is 6.08 Å².